The zero-order valence-corrected chi connectivity index (χ0v) is 7.38. The molecule has 0 bridgehead atoms. The van der Waals surface area contributed by atoms with E-state index >= 15 is 0 Å². The number of nitrogens with one attached hydrogen (secondary N) is 1. The van der Waals surface area contributed by atoms with Crippen molar-refractivity contribution < 1.29 is 9.53 Å². The van der Waals surface area contributed by atoms with Crippen LogP contribution in [0.1, 0.15) is 19.8 Å². The summed E-state index contributed by atoms with van der Waals surface area (Å²) in [5.41, 5.74) is 0. The molecule has 0 saturated carbocycles. The van der Waals surface area contributed by atoms with Gasteiger partial charge in [0.15, 0.2) is 0 Å². The second kappa shape index (κ2) is 4.93. The second-order valence-corrected chi connectivity index (χ2v) is 2.81. The highest BCUT2D eigenvalue weighted by atomic mass is 16.5. The highest BCUT2D eigenvalue weighted by molar-refractivity contribution is 5.81. The highest BCUT2D eigenvalue weighted by Crippen LogP contribution is 2.05. The number of rotatable bonds is 3. The lowest BCUT2D eigenvalue weighted by atomic mass is 10.2. The Morgan fingerprint density at radius 1 is 1.75 bits per heavy atom. The molecule has 1 atom stereocenters. The SMILES string of the molecule is CCOC(=O)/C=C\[C@H]1CCCN1. The Hall–Kier alpha value is -0.830. The Morgan fingerprint density at radius 2 is 2.58 bits per heavy atom. The molecule has 0 aromatic rings. The van der Waals surface area contributed by atoms with Crippen molar-refractivity contribution in [2.75, 3.05) is 13.2 Å². The molecule has 0 spiro atoms. The number of carbonyl (C=O) groups excluding carboxylic acids is 1. The minimum atomic E-state index is -0.244. The van der Waals surface area contributed by atoms with Crippen molar-refractivity contribution in [1.82, 2.24) is 5.32 Å². The molecule has 3 heteroatoms. The maximum atomic E-state index is 10.9. The van der Waals surface area contributed by atoms with Crippen LogP contribution in [0.2, 0.25) is 0 Å². The summed E-state index contributed by atoms with van der Waals surface area (Å²) in [6, 6.07) is 0.370. The third-order valence-corrected chi connectivity index (χ3v) is 1.85. The van der Waals surface area contributed by atoms with Gasteiger partial charge in [0.25, 0.3) is 0 Å². The first-order valence-corrected chi connectivity index (χ1v) is 4.41. The number of hydrogen-bond donors (Lipinski definition) is 1. The maximum absolute atomic E-state index is 10.9. The van der Waals surface area contributed by atoms with Gasteiger partial charge in [0.2, 0.25) is 0 Å². The molecule has 1 rings (SSSR count). The average Bonchev–Trinajstić information content (AvgIpc) is 2.53. The molecule has 0 radical (unpaired) electrons. The molecule has 1 saturated heterocycles. The lowest BCUT2D eigenvalue weighted by molar-refractivity contribution is -0.137. The minimum Gasteiger partial charge on any atom is -0.463 e. The third kappa shape index (κ3) is 3.05. The molecule has 1 heterocycles. The maximum Gasteiger partial charge on any atom is 0.330 e. The van der Waals surface area contributed by atoms with E-state index in [2.05, 4.69) is 5.32 Å². The predicted octanol–water partition coefficient (Wildman–Crippen LogP) is 0.858. The third-order valence-electron chi connectivity index (χ3n) is 1.85. The average molecular weight is 169 g/mol. The molecular weight excluding hydrogens is 154 g/mol. The Morgan fingerprint density at radius 3 is 3.17 bits per heavy atom. The Balaban J connectivity index is 2.23. The van der Waals surface area contributed by atoms with Gasteiger partial charge >= 0.3 is 5.97 Å². The molecule has 0 aromatic carbocycles. The van der Waals surface area contributed by atoms with Crippen molar-refractivity contribution in [3.8, 4) is 0 Å². The quantitative estimate of drug-likeness (QED) is 0.503. The number of ether oxygens (including phenoxy) is 1. The first-order valence-electron chi connectivity index (χ1n) is 4.41. The normalized spacial score (nSPS) is 23.2. The minimum absolute atomic E-state index is 0.244. The molecule has 1 N–H and O–H groups in total. The molecule has 0 unspecified atom stereocenters. The molecule has 0 aliphatic carbocycles. The van der Waals surface area contributed by atoms with Crippen LogP contribution in [0.4, 0.5) is 0 Å². The molecule has 1 aliphatic heterocycles. The molecule has 68 valence electrons. The van der Waals surface area contributed by atoms with E-state index in [1.807, 2.05) is 6.08 Å². The summed E-state index contributed by atoms with van der Waals surface area (Å²) in [5, 5.41) is 3.26. The zero-order valence-electron chi connectivity index (χ0n) is 7.38. The van der Waals surface area contributed by atoms with Crippen LogP contribution in [0, 0.1) is 0 Å². The van der Waals surface area contributed by atoms with Gasteiger partial charge in [-0.2, -0.15) is 0 Å². The van der Waals surface area contributed by atoms with Gasteiger partial charge < -0.3 is 10.1 Å². The molecule has 0 amide bonds. The summed E-state index contributed by atoms with van der Waals surface area (Å²) in [4.78, 5) is 10.9. The lowest BCUT2D eigenvalue weighted by Gasteiger charge is -2.01. The van der Waals surface area contributed by atoms with Crippen LogP contribution in [-0.2, 0) is 9.53 Å². The molecule has 1 aliphatic rings. The zero-order chi connectivity index (χ0) is 8.81. The van der Waals surface area contributed by atoms with Gasteiger partial charge in [0.1, 0.15) is 0 Å². The van der Waals surface area contributed by atoms with Crippen LogP contribution in [0.3, 0.4) is 0 Å². The summed E-state index contributed by atoms with van der Waals surface area (Å²) in [7, 11) is 0. The van der Waals surface area contributed by atoms with Crippen molar-refractivity contribution in [2.24, 2.45) is 0 Å². The van der Waals surface area contributed by atoms with Gasteiger partial charge in [-0.05, 0) is 26.3 Å². The van der Waals surface area contributed by atoms with Gasteiger partial charge in [-0.25, -0.2) is 4.79 Å². The van der Waals surface area contributed by atoms with Crippen molar-refractivity contribution in [2.45, 2.75) is 25.8 Å². The van der Waals surface area contributed by atoms with Gasteiger partial charge in [-0.1, -0.05) is 6.08 Å². The Kier molecular flexibility index (Phi) is 3.80. The standard InChI is InChI=1S/C9H15NO2/c1-2-12-9(11)6-5-8-4-3-7-10-8/h5-6,8,10H,2-4,7H2,1H3/b6-5-/t8-/m1/s1. The van der Waals surface area contributed by atoms with Crippen molar-refractivity contribution in [3.05, 3.63) is 12.2 Å². The lowest BCUT2D eigenvalue weighted by Crippen LogP contribution is -2.18. The van der Waals surface area contributed by atoms with Crippen LogP contribution >= 0.6 is 0 Å². The van der Waals surface area contributed by atoms with Crippen molar-refractivity contribution in [1.29, 1.82) is 0 Å². The topological polar surface area (TPSA) is 38.3 Å². The Labute approximate surface area is 72.8 Å². The van der Waals surface area contributed by atoms with Gasteiger partial charge in [0.05, 0.1) is 6.61 Å². The van der Waals surface area contributed by atoms with Gasteiger partial charge in [-0.15, -0.1) is 0 Å². The highest BCUT2D eigenvalue weighted by Gasteiger charge is 2.10. The smallest absolute Gasteiger partial charge is 0.330 e. The van der Waals surface area contributed by atoms with Crippen LogP contribution in [0.5, 0.6) is 0 Å². The van der Waals surface area contributed by atoms with E-state index in [9.17, 15) is 4.79 Å². The summed E-state index contributed by atoms with van der Waals surface area (Å²) < 4.78 is 4.75. The predicted molar refractivity (Wildman–Crippen MR) is 46.8 cm³/mol. The fourth-order valence-corrected chi connectivity index (χ4v) is 1.26. The fraction of sp³-hybridized carbons (Fsp3) is 0.667. The van der Waals surface area contributed by atoms with Crippen LogP contribution in [-0.4, -0.2) is 25.2 Å². The summed E-state index contributed by atoms with van der Waals surface area (Å²) in [5.74, 6) is -0.244. The molecule has 3 nitrogen and oxygen atoms in total. The van der Waals surface area contributed by atoms with Gasteiger partial charge in [-0.3, -0.25) is 0 Å². The first kappa shape index (κ1) is 9.26. The van der Waals surface area contributed by atoms with Crippen molar-refractivity contribution in [3.63, 3.8) is 0 Å². The van der Waals surface area contributed by atoms with E-state index in [0.717, 1.165) is 13.0 Å². The number of esters is 1. The molecule has 1 fully saturated rings. The van der Waals surface area contributed by atoms with Crippen LogP contribution in [0.25, 0.3) is 0 Å². The van der Waals surface area contributed by atoms with E-state index in [1.54, 1.807) is 6.92 Å². The largest absolute Gasteiger partial charge is 0.463 e. The van der Waals surface area contributed by atoms with Gasteiger partial charge in [0, 0.05) is 12.1 Å². The fourth-order valence-electron chi connectivity index (χ4n) is 1.26. The van der Waals surface area contributed by atoms with Crippen molar-refractivity contribution >= 4 is 5.97 Å². The van der Waals surface area contributed by atoms with E-state index in [-0.39, 0.29) is 5.97 Å². The van der Waals surface area contributed by atoms with E-state index < -0.39 is 0 Å². The summed E-state index contributed by atoms with van der Waals surface area (Å²) >= 11 is 0. The first-order chi connectivity index (χ1) is 5.83. The second-order valence-electron chi connectivity index (χ2n) is 2.81. The molecule has 12 heavy (non-hydrogen) atoms. The molecular formula is C9H15NO2. The van der Waals surface area contributed by atoms with Crippen LogP contribution < -0.4 is 5.32 Å². The van der Waals surface area contributed by atoms with E-state index in [4.69, 9.17) is 4.74 Å². The molecule has 0 aromatic heterocycles. The van der Waals surface area contributed by atoms with E-state index in [0.29, 0.717) is 12.6 Å². The number of hydrogen-bond acceptors (Lipinski definition) is 3. The van der Waals surface area contributed by atoms with Crippen LogP contribution in [0.15, 0.2) is 12.2 Å². The summed E-state index contributed by atoms with van der Waals surface area (Å²) in [6.45, 7) is 3.30. The van der Waals surface area contributed by atoms with E-state index in [1.165, 1.54) is 12.5 Å². The monoisotopic (exact) mass is 169 g/mol. The summed E-state index contributed by atoms with van der Waals surface area (Å²) in [6.07, 6.45) is 5.70. The Bertz CT molecular complexity index is 171. The number of carbonyl (C=O) groups is 1.